The van der Waals surface area contributed by atoms with Gasteiger partial charge >= 0.3 is 6.09 Å². The van der Waals surface area contributed by atoms with E-state index in [1.807, 2.05) is 37.8 Å². The number of hydrogen-bond acceptors (Lipinski definition) is 5. The second-order valence-electron chi connectivity index (χ2n) is 8.81. The zero-order valence-corrected chi connectivity index (χ0v) is 20.2. The van der Waals surface area contributed by atoms with Gasteiger partial charge in [0, 0.05) is 35.2 Å². The largest absolute Gasteiger partial charge is 0.444 e. The van der Waals surface area contributed by atoms with E-state index in [4.69, 9.17) is 16.3 Å². The van der Waals surface area contributed by atoms with E-state index >= 15 is 0 Å². The second kappa shape index (κ2) is 7.80. The van der Waals surface area contributed by atoms with E-state index in [-0.39, 0.29) is 23.8 Å². The van der Waals surface area contributed by atoms with Gasteiger partial charge in [-0.3, -0.25) is 4.79 Å². The average Bonchev–Trinajstić information content (AvgIpc) is 3.33. The first-order chi connectivity index (χ1) is 14.1. The summed E-state index contributed by atoms with van der Waals surface area (Å²) in [7, 11) is 0. The molecule has 9 heteroatoms. The normalized spacial score (nSPS) is 20.7. The molecule has 30 heavy (non-hydrogen) atoms. The van der Waals surface area contributed by atoms with Crippen molar-refractivity contribution in [3.05, 3.63) is 43.8 Å². The number of hydrogen-bond donors (Lipinski definition) is 0. The number of amides is 2. The lowest BCUT2D eigenvalue weighted by Crippen LogP contribution is -2.41. The summed E-state index contributed by atoms with van der Waals surface area (Å²) in [4.78, 5) is 33.6. The van der Waals surface area contributed by atoms with Gasteiger partial charge in [-0.1, -0.05) is 27.5 Å². The molecule has 1 spiro atoms. The lowest BCUT2D eigenvalue weighted by atomic mass is 9.81. The lowest BCUT2D eigenvalue weighted by Gasteiger charge is -2.27. The molecule has 1 aromatic heterocycles. The highest BCUT2D eigenvalue weighted by molar-refractivity contribution is 9.10. The van der Waals surface area contributed by atoms with Crippen LogP contribution in [0.4, 0.5) is 10.5 Å². The van der Waals surface area contributed by atoms with E-state index < -0.39 is 5.60 Å². The standard InChI is InChI=1S/C21H23BrClN3O3S/c1-20(2,3)29-19(28)25-7-6-21(11-25)12-26(15-5-4-13(22)8-14(15)21)18(27)9-17-24-10-16(23)30-17/h4-5,8,10H,6-7,9,11-12H2,1-3H3. The molecule has 2 aromatic rings. The molecule has 2 aliphatic heterocycles. The van der Waals surface area contributed by atoms with Crippen molar-refractivity contribution in [3.8, 4) is 0 Å². The Morgan fingerprint density at radius 3 is 2.77 bits per heavy atom. The molecule has 0 aliphatic carbocycles. The van der Waals surface area contributed by atoms with Gasteiger partial charge in [-0.25, -0.2) is 9.78 Å². The van der Waals surface area contributed by atoms with Gasteiger partial charge in [-0.2, -0.15) is 0 Å². The van der Waals surface area contributed by atoms with Crippen LogP contribution in [0.2, 0.25) is 4.34 Å². The van der Waals surface area contributed by atoms with Crippen molar-refractivity contribution in [2.45, 2.75) is 44.6 Å². The molecule has 1 fully saturated rings. The van der Waals surface area contributed by atoms with Gasteiger partial charge in [0.15, 0.2) is 0 Å². The highest BCUT2D eigenvalue weighted by Gasteiger charge is 2.50. The van der Waals surface area contributed by atoms with Crippen LogP contribution in [0.15, 0.2) is 28.9 Å². The van der Waals surface area contributed by atoms with Crippen LogP contribution in [0.5, 0.6) is 0 Å². The van der Waals surface area contributed by atoms with Crippen molar-refractivity contribution in [2.24, 2.45) is 0 Å². The number of halogens is 2. The number of benzene rings is 1. The first-order valence-electron chi connectivity index (χ1n) is 9.75. The highest BCUT2D eigenvalue weighted by atomic mass is 79.9. The number of likely N-dealkylation sites (tertiary alicyclic amines) is 1. The molecule has 0 radical (unpaired) electrons. The van der Waals surface area contributed by atoms with Crippen LogP contribution >= 0.6 is 38.9 Å². The fourth-order valence-corrected chi connectivity index (χ4v) is 5.47. The number of carbonyl (C=O) groups is 2. The Morgan fingerprint density at radius 2 is 2.10 bits per heavy atom. The maximum absolute atomic E-state index is 13.1. The van der Waals surface area contributed by atoms with Crippen LogP contribution in [-0.4, -0.2) is 47.1 Å². The first kappa shape index (κ1) is 21.6. The van der Waals surface area contributed by atoms with Crippen LogP contribution in [0.1, 0.15) is 37.8 Å². The number of nitrogens with zero attached hydrogens (tertiary/aromatic N) is 3. The van der Waals surface area contributed by atoms with E-state index in [1.165, 1.54) is 11.3 Å². The molecule has 0 saturated carbocycles. The van der Waals surface area contributed by atoms with E-state index in [1.54, 1.807) is 11.1 Å². The van der Waals surface area contributed by atoms with Gasteiger partial charge < -0.3 is 14.5 Å². The molecule has 160 valence electrons. The van der Waals surface area contributed by atoms with Crippen molar-refractivity contribution in [3.63, 3.8) is 0 Å². The minimum absolute atomic E-state index is 0.0165. The molecule has 1 saturated heterocycles. The molecule has 1 aromatic carbocycles. The summed E-state index contributed by atoms with van der Waals surface area (Å²) in [5.74, 6) is -0.0165. The summed E-state index contributed by atoms with van der Waals surface area (Å²) in [6.45, 7) is 7.26. The number of ether oxygens (including phenoxy) is 1. The Balaban J connectivity index is 1.59. The van der Waals surface area contributed by atoms with Crippen molar-refractivity contribution >= 4 is 56.6 Å². The van der Waals surface area contributed by atoms with E-state index in [0.717, 1.165) is 22.1 Å². The Labute approximate surface area is 193 Å². The van der Waals surface area contributed by atoms with Crippen molar-refractivity contribution in [2.75, 3.05) is 24.5 Å². The number of thiazole rings is 1. The summed E-state index contributed by atoms with van der Waals surface area (Å²) in [5.41, 5.74) is 1.15. The topological polar surface area (TPSA) is 62.7 Å². The monoisotopic (exact) mass is 511 g/mol. The summed E-state index contributed by atoms with van der Waals surface area (Å²) in [6, 6.07) is 5.98. The number of anilines is 1. The number of rotatable bonds is 2. The van der Waals surface area contributed by atoms with Crippen molar-refractivity contribution < 1.29 is 14.3 Å². The summed E-state index contributed by atoms with van der Waals surface area (Å²) in [6.07, 6.45) is 2.25. The van der Waals surface area contributed by atoms with E-state index in [9.17, 15) is 9.59 Å². The molecule has 4 rings (SSSR count). The molecule has 6 nitrogen and oxygen atoms in total. The molecule has 3 heterocycles. The summed E-state index contributed by atoms with van der Waals surface area (Å²) in [5, 5.41) is 0.700. The average molecular weight is 513 g/mol. The Bertz CT molecular complexity index is 1010. The molecule has 0 N–H and O–H groups in total. The smallest absolute Gasteiger partial charge is 0.410 e. The van der Waals surface area contributed by atoms with Crippen LogP contribution in [0, 0.1) is 0 Å². The minimum atomic E-state index is -0.541. The third-order valence-electron chi connectivity index (χ3n) is 5.42. The van der Waals surface area contributed by atoms with Gasteiger partial charge in [-0.15, -0.1) is 11.3 Å². The molecular formula is C21H23BrClN3O3S. The van der Waals surface area contributed by atoms with Gasteiger partial charge in [0.1, 0.15) is 14.9 Å². The number of fused-ring (bicyclic) bond motifs is 2. The highest BCUT2D eigenvalue weighted by Crippen LogP contribution is 2.47. The van der Waals surface area contributed by atoms with E-state index in [0.29, 0.717) is 29.0 Å². The van der Waals surface area contributed by atoms with Crippen molar-refractivity contribution in [1.29, 1.82) is 0 Å². The summed E-state index contributed by atoms with van der Waals surface area (Å²) >= 11 is 10.9. The van der Waals surface area contributed by atoms with Crippen LogP contribution in [-0.2, 0) is 21.4 Å². The Kier molecular flexibility index (Phi) is 5.61. The minimum Gasteiger partial charge on any atom is -0.444 e. The van der Waals surface area contributed by atoms with Gasteiger partial charge in [0.05, 0.1) is 12.6 Å². The van der Waals surface area contributed by atoms with E-state index in [2.05, 4.69) is 27.0 Å². The predicted molar refractivity (Wildman–Crippen MR) is 121 cm³/mol. The zero-order chi connectivity index (χ0) is 21.7. The second-order valence-corrected chi connectivity index (χ2v) is 11.5. The Hall–Kier alpha value is -1.64. The lowest BCUT2D eigenvalue weighted by molar-refractivity contribution is -0.118. The maximum Gasteiger partial charge on any atom is 0.410 e. The third-order valence-corrected chi connectivity index (χ3v) is 7.02. The van der Waals surface area contributed by atoms with Crippen LogP contribution in [0.25, 0.3) is 0 Å². The molecule has 1 unspecified atom stereocenters. The third kappa shape index (κ3) is 4.22. The van der Waals surface area contributed by atoms with Gasteiger partial charge in [0.25, 0.3) is 0 Å². The van der Waals surface area contributed by atoms with Crippen molar-refractivity contribution in [1.82, 2.24) is 9.88 Å². The van der Waals surface area contributed by atoms with Crippen LogP contribution < -0.4 is 4.90 Å². The van der Waals surface area contributed by atoms with Gasteiger partial charge in [-0.05, 0) is 51.0 Å². The molecule has 0 bridgehead atoms. The number of aromatic nitrogens is 1. The molecular weight excluding hydrogens is 490 g/mol. The first-order valence-corrected chi connectivity index (χ1v) is 11.7. The van der Waals surface area contributed by atoms with Crippen LogP contribution in [0.3, 0.4) is 0 Å². The van der Waals surface area contributed by atoms with Gasteiger partial charge in [0.2, 0.25) is 5.91 Å². The fraction of sp³-hybridized carbons (Fsp3) is 0.476. The molecule has 2 amide bonds. The maximum atomic E-state index is 13.1. The Morgan fingerprint density at radius 1 is 1.33 bits per heavy atom. The summed E-state index contributed by atoms with van der Waals surface area (Å²) < 4.78 is 7.10. The zero-order valence-electron chi connectivity index (χ0n) is 17.1. The quantitative estimate of drug-likeness (QED) is 0.566. The fourth-order valence-electron chi connectivity index (χ4n) is 4.16. The predicted octanol–water partition coefficient (Wildman–Crippen LogP) is 5.03. The molecule has 2 aliphatic rings. The SMILES string of the molecule is CC(C)(C)OC(=O)N1CCC2(C1)CN(C(=O)Cc1ncc(Cl)s1)c1ccc(Br)cc12. The molecule has 1 atom stereocenters. The number of carbonyl (C=O) groups excluding carboxylic acids is 2.